The molecule has 0 radical (unpaired) electrons. The normalized spacial score (nSPS) is 10.9. The summed E-state index contributed by atoms with van der Waals surface area (Å²) in [6.45, 7) is 7.52. The second-order valence-corrected chi connectivity index (χ2v) is 5.66. The number of ether oxygens (including phenoxy) is 1. The number of carbonyl (C=O) groups is 2. The monoisotopic (exact) mass is 314 g/mol. The third-order valence-corrected chi connectivity index (χ3v) is 2.46. The van der Waals surface area contributed by atoms with Crippen LogP contribution in [-0.4, -0.2) is 40.7 Å². The Bertz CT molecular complexity index is 529. The lowest BCUT2D eigenvalue weighted by Gasteiger charge is -2.19. The summed E-state index contributed by atoms with van der Waals surface area (Å²) in [5, 5.41) is 5.28. The maximum atomic E-state index is 11.9. The van der Waals surface area contributed by atoms with Crippen molar-refractivity contribution in [1.29, 1.82) is 0 Å². The highest BCUT2D eigenvalue weighted by Crippen LogP contribution is 2.07. The Hall–Kier alpha value is -1.89. The lowest BCUT2D eigenvalue weighted by Crippen LogP contribution is -2.38. The van der Waals surface area contributed by atoms with Crippen molar-refractivity contribution >= 4 is 23.6 Å². The molecule has 7 nitrogen and oxygen atoms in total. The van der Waals surface area contributed by atoms with Crippen molar-refractivity contribution in [2.45, 2.75) is 33.3 Å². The second-order valence-electron chi connectivity index (χ2n) is 5.32. The lowest BCUT2D eigenvalue weighted by molar-refractivity contribution is 0.0526. The highest BCUT2D eigenvalue weighted by atomic mass is 35.5. The van der Waals surface area contributed by atoms with Crippen molar-refractivity contribution in [3.8, 4) is 0 Å². The molecule has 0 saturated carbocycles. The van der Waals surface area contributed by atoms with Gasteiger partial charge in [-0.2, -0.15) is 0 Å². The van der Waals surface area contributed by atoms with E-state index in [0.717, 1.165) is 0 Å². The number of aromatic nitrogens is 2. The van der Waals surface area contributed by atoms with Crippen molar-refractivity contribution in [2.75, 3.05) is 13.1 Å². The summed E-state index contributed by atoms with van der Waals surface area (Å²) in [6.07, 6.45) is 0.837. The zero-order valence-electron chi connectivity index (χ0n) is 12.5. The molecule has 0 atom stereocenters. The largest absolute Gasteiger partial charge is 0.444 e. The molecule has 1 aromatic heterocycles. The zero-order chi connectivity index (χ0) is 16.0. The van der Waals surface area contributed by atoms with Crippen LogP contribution in [0.1, 0.15) is 36.8 Å². The maximum absolute atomic E-state index is 11.9. The van der Waals surface area contributed by atoms with E-state index in [9.17, 15) is 9.59 Å². The fourth-order valence-electron chi connectivity index (χ4n) is 1.41. The Kier molecular flexibility index (Phi) is 5.90. The van der Waals surface area contributed by atoms with Crippen molar-refractivity contribution in [3.05, 3.63) is 22.7 Å². The third kappa shape index (κ3) is 6.40. The molecule has 0 aliphatic carbocycles. The number of nitrogens with zero attached hydrogens (tertiary/aromatic N) is 2. The van der Waals surface area contributed by atoms with Crippen molar-refractivity contribution < 1.29 is 14.3 Å². The Morgan fingerprint density at radius 1 is 1.29 bits per heavy atom. The number of amides is 2. The molecule has 0 aromatic carbocycles. The minimum absolute atomic E-state index is 0.0932. The smallest absolute Gasteiger partial charge is 0.407 e. The predicted molar refractivity (Wildman–Crippen MR) is 78.3 cm³/mol. The highest BCUT2D eigenvalue weighted by Gasteiger charge is 2.15. The number of aryl methyl sites for hydroxylation is 1. The fraction of sp³-hybridized carbons (Fsp3) is 0.538. The van der Waals surface area contributed by atoms with Gasteiger partial charge in [0.05, 0.1) is 11.3 Å². The van der Waals surface area contributed by atoms with Crippen LogP contribution in [0.2, 0.25) is 5.28 Å². The summed E-state index contributed by atoms with van der Waals surface area (Å²) in [5.74, 6) is -0.324. The van der Waals surface area contributed by atoms with E-state index in [1.807, 2.05) is 0 Å². The third-order valence-electron chi connectivity index (χ3n) is 2.27. The zero-order valence-corrected chi connectivity index (χ0v) is 13.2. The van der Waals surface area contributed by atoms with E-state index in [1.165, 1.54) is 6.20 Å². The Morgan fingerprint density at radius 2 is 1.90 bits per heavy atom. The van der Waals surface area contributed by atoms with Crippen LogP contribution in [0.15, 0.2) is 6.20 Å². The van der Waals surface area contributed by atoms with Gasteiger partial charge in [-0.1, -0.05) is 0 Å². The average Bonchev–Trinajstić information content (AvgIpc) is 2.32. The molecule has 8 heteroatoms. The van der Waals surface area contributed by atoms with E-state index in [2.05, 4.69) is 20.6 Å². The van der Waals surface area contributed by atoms with E-state index in [1.54, 1.807) is 27.7 Å². The molecule has 0 bridgehead atoms. The number of hydrogen-bond acceptors (Lipinski definition) is 5. The lowest BCUT2D eigenvalue weighted by atomic mass is 10.2. The van der Waals surface area contributed by atoms with E-state index in [0.29, 0.717) is 11.3 Å². The molecule has 1 rings (SSSR count). The molecule has 2 N–H and O–H groups in total. The van der Waals surface area contributed by atoms with Gasteiger partial charge in [-0.05, 0) is 39.3 Å². The number of carbonyl (C=O) groups excluding carboxylic acids is 2. The van der Waals surface area contributed by atoms with Gasteiger partial charge in [0, 0.05) is 19.3 Å². The first-order valence-corrected chi connectivity index (χ1v) is 6.81. The number of halogens is 1. The summed E-state index contributed by atoms with van der Waals surface area (Å²) in [7, 11) is 0. The van der Waals surface area contributed by atoms with Gasteiger partial charge in [0.1, 0.15) is 5.60 Å². The Labute approximate surface area is 128 Å². The average molecular weight is 315 g/mol. The van der Waals surface area contributed by atoms with E-state index < -0.39 is 11.7 Å². The van der Waals surface area contributed by atoms with Gasteiger partial charge < -0.3 is 15.4 Å². The first-order valence-electron chi connectivity index (χ1n) is 6.43. The van der Waals surface area contributed by atoms with Gasteiger partial charge in [-0.3, -0.25) is 4.79 Å². The van der Waals surface area contributed by atoms with Crippen LogP contribution in [0, 0.1) is 6.92 Å². The number of alkyl carbamates (subject to hydrolysis) is 1. The molecule has 116 valence electrons. The van der Waals surface area contributed by atoms with E-state index in [4.69, 9.17) is 16.3 Å². The van der Waals surface area contributed by atoms with Gasteiger partial charge >= 0.3 is 6.09 Å². The maximum Gasteiger partial charge on any atom is 0.407 e. The topological polar surface area (TPSA) is 93.2 Å². The van der Waals surface area contributed by atoms with Crippen LogP contribution in [0.25, 0.3) is 0 Å². The van der Waals surface area contributed by atoms with Crippen LogP contribution in [-0.2, 0) is 4.74 Å². The highest BCUT2D eigenvalue weighted by molar-refractivity contribution is 6.28. The van der Waals surface area contributed by atoms with Crippen molar-refractivity contribution in [1.82, 2.24) is 20.6 Å². The molecule has 1 aromatic rings. The number of nitrogens with one attached hydrogen (secondary N) is 2. The number of rotatable bonds is 4. The van der Waals surface area contributed by atoms with Gasteiger partial charge in [0.15, 0.2) is 0 Å². The SMILES string of the molecule is Cc1nc(Cl)ncc1C(=O)NCCNC(=O)OC(C)(C)C. The van der Waals surface area contributed by atoms with Crippen molar-refractivity contribution in [2.24, 2.45) is 0 Å². The van der Waals surface area contributed by atoms with E-state index in [-0.39, 0.29) is 24.3 Å². The summed E-state index contributed by atoms with van der Waals surface area (Å²) >= 11 is 5.62. The minimum Gasteiger partial charge on any atom is -0.444 e. The molecule has 1 heterocycles. The fourth-order valence-corrected chi connectivity index (χ4v) is 1.59. The van der Waals surface area contributed by atoms with Crippen LogP contribution in [0.4, 0.5) is 4.79 Å². The summed E-state index contributed by atoms with van der Waals surface area (Å²) < 4.78 is 5.06. The number of hydrogen-bond donors (Lipinski definition) is 2. The summed E-state index contributed by atoms with van der Waals surface area (Å²) in [5.41, 5.74) is 0.287. The quantitative estimate of drug-likeness (QED) is 0.651. The first-order chi connectivity index (χ1) is 9.69. The van der Waals surface area contributed by atoms with Crippen LogP contribution in [0.5, 0.6) is 0 Å². The Balaban J connectivity index is 2.36. The van der Waals surface area contributed by atoms with Gasteiger partial charge in [-0.15, -0.1) is 0 Å². The Morgan fingerprint density at radius 3 is 2.48 bits per heavy atom. The van der Waals surface area contributed by atoms with Gasteiger partial charge in [-0.25, -0.2) is 14.8 Å². The predicted octanol–water partition coefficient (Wildman–Crippen LogP) is 1.69. The molecule has 2 amide bonds. The van der Waals surface area contributed by atoms with Gasteiger partial charge in [0.25, 0.3) is 5.91 Å². The van der Waals surface area contributed by atoms with Crippen LogP contribution >= 0.6 is 11.6 Å². The van der Waals surface area contributed by atoms with Crippen LogP contribution < -0.4 is 10.6 Å². The minimum atomic E-state index is -0.551. The van der Waals surface area contributed by atoms with Crippen LogP contribution in [0.3, 0.4) is 0 Å². The molecular weight excluding hydrogens is 296 g/mol. The summed E-state index contributed by atoms with van der Waals surface area (Å²) in [4.78, 5) is 30.9. The standard InChI is InChI=1S/C13H19ClN4O3/c1-8-9(7-17-11(14)18-8)10(19)15-5-6-16-12(20)21-13(2,3)4/h7H,5-6H2,1-4H3,(H,15,19)(H,16,20). The second kappa shape index (κ2) is 7.21. The first kappa shape index (κ1) is 17.2. The molecule has 0 unspecified atom stereocenters. The molecule has 0 spiro atoms. The molecular formula is C13H19ClN4O3. The van der Waals surface area contributed by atoms with Gasteiger partial charge in [0.2, 0.25) is 5.28 Å². The molecule has 0 fully saturated rings. The molecule has 21 heavy (non-hydrogen) atoms. The molecule has 0 saturated heterocycles. The van der Waals surface area contributed by atoms with E-state index >= 15 is 0 Å². The summed E-state index contributed by atoms with van der Waals surface area (Å²) in [6, 6.07) is 0. The molecule has 0 aliphatic heterocycles. The van der Waals surface area contributed by atoms with Crippen molar-refractivity contribution in [3.63, 3.8) is 0 Å². The molecule has 0 aliphatic rings.